The Bertz CT molecular complexity index is 7880. The summed E-state index contributed by atoms with van der Waals surface area (Å²) in [4.78, 5) is 53.4. The average Bonchev–Trinajstić information content (AvgIpc) is 1.58. The van der Waals surface area contributed by atoms with Gasteiger partial charge in [0.05, 0.1) is 31.8 Å². The molecule has 0 saturated carbocycles. The molecule has 10 aromatic heterocycles. The topological polar surface area (TPSA) is 129 Å². The quantitative estimate of drug-likeness (QED) is 0.130. The molecule has 23 aromatic rings. The van der Waals surface area contributed by atoms with Gasteiger partial charge in [0.1, 0.15) is 0 Å². The Morgan fingerprint density at radius 2 is 0.614 bits per heavy atom. The summed E-state index contributed by atoms with van der Waals surface area (Å²) in [5, 5.41) is 10.6. The molecule has 0 spiro atoms. The highest BCUT2D eigenvalue weighted by Gasteiger charge is 2.26. The van der Waals surface area contributed by atoms with Crippen molar-refractivity contribution in [2.24, 2.45) is 0 Å². The van der Waals surface area contributed by atoms with Gasteiger partial charge in [0.25, 0.3) is 0 Å². The zero-order valence-corrected chi connectivity index (χ0v) is 65.3. The van der Waals surface area contributed by atoms with E-state index in [9.17, 15) is 0 Å². The summed E-state index contributed by atoms with van der Waals surface area (Å²) in [5.41, 5.74) is 15.3. The van der Waals surface area contributed by atoms with Crippen molar-refractivity contribution in [3.63, 3.8) is 0 Å². The fraction of sp³-hybridized carbons (Fsp3) is 0.0204. The van der Waals surface area contributed by atoms with Crippen LogP contribution >= 0.6 is 68.0 Å². The fourth-order valence-electron chi connectivity index (χ4n) is 16.0. The predicted molar refractivity (Wildman–Crippen MR) is 482 cm³/mol. The molecule has 0 fully saturated rings. The number of rotatable bonds is 10. The maximum atomic E-state index is 5.32. The van der Waals surface area contributed by atoms with Gasteiger partial charge in [-0.05, 0) is 97.3 Å². The van der Waals surface area contributed by atoms with Crippen LogP contribution in [0.15, 0.2) is 309 Å². The summed E-state index contributed by atoms with van der Waals surface area (Å²) in [7, 11) is 0. The highest BCUT2D eigenvalue weighted by atomic mass is 32.1. The number of allylic oxidation sites excluding steroid dienone is 1. The lowest BCUT2D eigenvalue weighted by molar-refractivity contribution is 1.02. The molecular formula is C98H56N10S6. The average molecular weight is 1570 g/mol. The van der Waals surface area contributed by atoms with E-state index in [1.165, 1.54) is 75.0 Å². The number of aryl methyl sites for hydroxylation is 1. The van der Waals surface area contributed by atoms with Crippen LogP contribution in [0, 0.1) is 0 Å². The lowest BCUT2D eigenvalue weighted by atomic mass is 9.99. The molecule has 0 radical (unpaired) electrons. The molecule has 0 amide bonds. The number of aromatic nitrogens is 10. The Balaban J connectivity index is 0.000000135. The third-order valence-corrected chi connectivity index (χ3v) is 28.4. The number of benzene rings is 13. The van der Waals surface area contributed by atoms with E-state index in [4.69, 9.17) is 49.8 Å². The number of nitrogens with zero attached hydrogens (tertiary/aromatic N) is 10. The number of hydrogen-bond donors (Lipinski definition) is 0. The minimum Gasteiger partial charge on any atom is -0.226 e. The third kappa shape index (κ3) is 11.4. The minimum atomic E-state index is 0.637. The first-order chi connectivity index (χ1) is 56.4. The van der Waals surface area contributed by atoms with Crippen LogP contribution in [0.4, 0.5) is 0 Å². The second-order valence-electron chi connectivity index (χ2n) is 28.3. The smallest absolute Gasteiger partial charge is 0.164 e. The van der Waals surface area contributed by atoms with E-state index in [-0.39, 0.29) is 0 Å². The molecule has 0 aliphatic heterocycles. The van der Waals surface area contributed by atoms with Crippen LogP contribution in [0.25, 0.3) is 231 Å². The molecule has 16 heteroatoms. The predicted octanol–water partition coefficient (Wildman–Crippen LogP) is 28.0. The molecule has 114 heavy (non-hydrogen) atoms. The Morgan fingerprint density at radius 1 is 0.219 bits per heavy atom. The minimum absolute atomic E-state index is 0.637. The molecule has 1 aliphatic rings. The largest absolute Gasteiger partial charge is 0.226 e. The molecule has 534 valence electrons. The first kappa shape index (κ1) is 66.6. The van der Waals surface area contributed by atoms with Crippen LogP contribution in [0.2, 0.25) is 0 Å². The Morgan fingerprint density at radius 3 is 1.22 bits per heavy atom. The molecule has 1 aliphatic carbocycles. The maximum Gasteiger partial charge on any atom is 0.164 e. The van der Waals surface area contributed by atoms with E-state index in [1.54, 1.807) is 56.7 Å². The Kier molecular flexibility index (Phi) is 16.0. The SMILES string of the molecule is C1=Cc2c(sc3cccc(-c4nc(-c5ccccc5)nc(-c5ccc6sc7cc(-c8nc(-c9ccccc9)c9sc%10ccccc%10c9n8)ccc7c6c5)n4)c23)CC1.c1ccc(-c2nc(-c3ccc4sc5c(-c6nc(-c7ccccc7)c7sc8ccccc8c7n6)cccc5c4c3)nc(-c3cccc4sc5ccccc5c34)n2)cc1. The highest BCUT2D eigenvalue weighted by molar-refractivity contribution is 7.28. The molecule has 0 atom stereocenters. The van der Waals surface area contributed by atoms with Gasteiger partial charge in [-0.2, -0.15) is 0 Å². The van der Waals surface area contributed by atoms with Gasteiger partial charge in [-0.1, -0.05) is 237 Å². The van der Waals surface area contributed by atoms with Crippen molar-refractivity contribution in [2.45, 2.75) is 12.8 Å². The zero-order chi connectivity index (χ0) is 74.9. The van der Waals surface area contributed by atoms with Crippen molar-refractivity contribution in [2.75, 3.05) is 0 Å². The molecule has 13 aromatic carbocycles. The van der Waals surface area contributed by atoms with E-state index in [2.05, 4.69) is 267 Å². The standard InChI is InChI=1S/C49H27N5S3.C49H29N5S3/c1-3-13-28(14-4-1)42-45-43(33-18-8-10-23-38(33)57-45)51-49(50-42)35-21-11-19-31-36-27-30(25-26-39(36)56-44(31)35)47-52-46(29-15-5-2-6-16-29)53-48(54-47)34-20-12-24-40-41(34)32-17-7-9-22-37(32)55-40;1-3-12-28(13-4-1)43-45-44(34-17-8-10-20-38(34)57-45)51-47(50-43)31-22-24-32-36-26-30(23-25-39(36)56-41(32)27-31)48-52-46(29-14-5-2-6-15-29)53-49(54-48)35-18-11-21-40-42(35)33-16-7-9-19-37(33)55-40/h1-27H;1-8,10-18,20-27H,9,19H2. The second kappa shape index (κ2) is 27.4. The fourth-order valence-corrected chi connectivity index (χ4v) is 23.0. The van der Waals surface area contributed by atoms with Crippen molar-refractivity contribution in [3.8, 4) is 114 Å². The van der Waals surface area contributed by atoms with E-state index >= 15 is 0 Å². The van der Waals surface area contributed by atoms with Gasteiger partial charge < -0.3 is 0 Å². The van der Waals surface area contributed by atoms with Gasteiger partial charge >= 0.3 is 0 Å². The van der Waals surface area contributed by atoms with Crippen LogP contribution in [-0.2, 0) is 6.42 Å². The van der Waals surface area contributed by atoms with Gasteiger partial charge in [0.15, 0.2) is 46.6 Å². The molecule has 0 bridgehead atoms. The number of thiophene rings is 6. The summed E-state index contributed by atoms with van der Waals surface area (Å²) in [5.74, 6) is 5.41. The van der Waals surface area contributed by atoms with E-state index in [1.807, 2.05) is 59.9 Å². The van der Waals surface area contributed by atoms with Gasteiger partial charge in [-0.25, -0.2) is 49.8 Å². The van der Waals surface area contributed by atoms with E-state index in [0.717, 1.165) is 138 Å². The monoisotopic (exact) mass is 1560 g/mol. The summed E-state index contributed by atoms with van der Waals surface area (Å²) in [6, 6.07) is 106. The molecule has 0 saturated heterocycles. The van der Waals surface area contributed by atoms with Crippen molar-refractivity contribution >= 4 is 185 Å². The second-order valence-corrected chi connectivity index (χ2v) is 34.7. The van der Waals surface area contributed by atoms with Crippen molar-refractivity contribution < 1.29 is 0 Å². The summed E-state index contributed by atoms with van der Waals surface area (Å²) in [6.45, 7) is 0. The highest BCUT2D eigenvalue weighted by Crippen LogP contribution is 2.48. The Hall–Kier alpha value is -13.2. The van der Waals surface area contributed by atoms with E-state index in [0.29, 0.717) is 34.9 Å². The first-order valence-corrected chi connectivity index (χ1v) is 42.5. The maximum absolute atomic E-state index is 5.32. The van der Waals surface area contributed by atoms with Crippen LogP contribution in [0.5, 0.6) is 0 Å². The lowest BCUT2D eigenvalue weighted by Crippen LogP contribution is -2.00. The number of hydrogen-bond acceptors (Lipinski definition) is 16. The normalized spacial score (nSPS) is 12.3. The summed E-state index contributed by atoms with van der Waals surface area (Å²) in [6.07, 6.45) is 6.71. The van der Waals surface area contributed by atoms with Crippen LogP contribution in [-0.4, -0.2) is 49.8 Å². The van der Waals surface area contributed by atoms with Gasteiger partial charge in [-0.3, -0.25) is 0 Å². The third-order valence-electron chi connectivity index (χ3n) is 21.4. The zero-order valence-electron chi connectivity index (χ0n) is 60.4. The van der Waals surface area contributed by atoms with Crippen LogP contribution in [0.1, 0.15) is 16.9 Å². The molecule has 0 N–H and O–H groups in total. The first-order valence-electron chi connectivity index (χ1n) is 37.6. The summed E-state index contributed by atoms with van der Waals surface area (Å²) >= 11 is 10.8. The van der Waals surface area contributed by atoms with Crippen molar-refractivity contribution in [1.82, 2.24) is 49.8 Å². The van der Waals surface area contributed by atoms with Crippen molar-refractivity contribution in [1.29, 1.82) is 0 Å². The molecule has 24 rings (SSSR count). The van der Waals surface area contributed by atoms with Crippen LogP contribution < -0.4 is 0 Å². The lowest BCUT2D eigenvalue weighted by Gasteiger charge is -2.11. The number of fused-ring (bicyclic) bond motifs is 18. The van der Waals surface area contributed by atoms with Gasteiger partial charge in [0, 0.05) is 151 Å². The van der Waals surface area contributed by atoms with E-state index < -0.39 is 0 Å². The summed E-state index contributed by atoms with van der Waals surface area (Å²) < 4.78 is 13.1. The Labute approximate surface area is 675 Å². The van der Waals surface area contributed by atoms with Gasteiger partial charge in [-0.15, -0.1) is 68.0 Å². The van der Waals surface area contributed by atoms with Gasteiger partial charge in [0.2, 0.25) is 0 Å². The molecule has 0 unspecified atom stereocenters. The molecular weight excluding hydrogens is 1510 g/mol. The van der Waals surface area contributed by atoms with Crippen LogP contribution in [0.3, 0.4) is 0 Å². The van der Waals surface area contributed by atoms with Crippen molar-refractivity contribution in [3.05, 3.63) is 320 Å². The molecule has 10 heterocycles. The molecule has 10 nitrogen and oxygen atoms in total.